The van der Waals surface area contributed by atoms with Crippen LogP contribution in [0.2, 0.25) is 0 Å². The van der Waals surface area contributed by atoms with Gasteiger partial charge in [0.1, 0.15) is 6.04 Å². The van der Waals surface area contributed by atoms with Crippen LogP contribution in [-0.2, 0) is 9.59 Å². The van der Waals surface area contributed by atoms with Gasteiger partial charge in [0.15, 0.2) is 0 Å². The molecule has 0 bridgehead atoms. The van der Waals surface area contributed by atoms with Gasteiger partial charge in [-0.2, -0.15) is 13.2 Å². The number of alkyl halides is 3. The molecule has 120 valence electrons. The minimum absolute atomic E-state index is 0.00194. The summed E-state index contributed by atoms with van der Waals surface area (Å²) in [6.45, 7) is 1.03. The van der Waals surface area contributed by atoms with E-state index in [0.29, 0.717) is 30.8 Å². The van der Waals surface area contributed by atoms with Crippen LogP contribution in [0, 0.1) is 0 Å². The van der Waals surface area contributed by atoms with E-state index in [9.17, 15) is 22.8 Å². The maximum absolute atomic E-state index is 12.6. The van der Waals surface area contributed by atoms with Gasteiger partial charge in [-0.1, -0.05) is 0 Å². The molecule has 2 atom stereocenters. The van der Waals surface area contributed by atoms with Crippen molar-refractivity contribution in [3.63, 3.8) is 0 Å². The molecule has 21 heavy (non-hydrogen) atoms. The first kappa shape index (κ1) is 16.1. The standard InChI is InChI=1S/C13H20F3N3O2/c1-17-9-4-2-6-18(8-9)11(20)10-5-3-7-19(10)12(21)13(14,15)16/h9-10,17H,2-8H2,1H3. The van der Waals surface area contributed by atoms with E-state index in [0.717, 1.165) is 12.8 Å². The fourth-order valence-corrected chi connectivity index (χ4v) is 3.05. The van der Waals surface area contributed by atoms with Gasteiger partial charge in [0.05, 0.1) is 0 Å². The van der Waals surface area contributed by atoms with E-state index in [1.165, 1.54) is 0 Å². The highest BCUT2D eigenvalue weighted by atomic mass is 19.4. The number of nitrogens with zero attached hydrogens (tertiary/aromatic N) is 2. The van der Waals surface area contributed by atoms with Crippen molar-refractivity contribution in [1.29, 1.82) is 0 Å². The molecule has 0 saturated carbocycles. The van der Waals surface area contributed by atoms with Gasteiger partial charge < -0.3 is 15.1 Å². The Bertz CT molecular complexity index is 414. The zero-order chi connectivity index (χ0) is 15.6. The highest BCUT2D eigenvalue weighted by Gasteiger charge is 2.48. The Morgan fingerprint density at radius 3 is 2.43 bits per heavy atom. The van der Waals surface area contributed by atoms with E-state index in [1.54, 1.807) is 11.9 Å². The fraction of sp³-hybridized carbons (Fsp3) is 0.846. The normalized spacial score (nSPS) is 27.0. The molecule has 5 nitrogen and oxygen atoms in total. The molecule has 8 heteroatoms. The zero-order valence-electron chi connectivity index (χ0n) is 11.9. The van der Waals surface area contributed by atoms with Crippen molar-refractivity contribution in [3.05, 3.63) is 0 Å². The topological polar surface area (TPSA) is 52.7 Å². The molecule has 1 N–H and O–H groups in total. The average Bonchev–Trinajstić information content (AvgIpc) is 2.93. The van der Waals surface area contributed by atoms with E-state index >= 15 is 0 Å². The quantitative estimate of drug-likeness (QED) is 0.819. The molecule has 2 saturated heterocycles. The largest absolute Gasteiger partial charge is 0.471 e. The minimum atomic E-state index is -4.92. The maximum atomic E-state index is 12.6. The Labute approximate surface area is 121 Å². The van der Waals surface area contributed by atoms with Gasteiger partial charge in [0.25, 0.3) is 0 Å². The Morgan fingerprint density at radius 2 is 1.81 bits per heavy atom. The van der Waals surface area contributed by atoms with Crippen LogP contribution < -0.4 is 5.32 Å². The maximum Gasteiger partial charge on any atom is 0.471 e. The molecule has 0 spiro atoms. The van der Waals surface area contributed by atoms with Crippen molar-refractivity contribution in [3.8, 4) is 0 Å². The van der Waals surface area contributed by atoms with Crippen molar-refractivity contribution >= 4 is 11.8 Å². The molecular formula is C13H20F3N3O2. The van der Waals surface area contributed by atoms with Crippen LogP contribution in [0.4, 0.5) is 13.2 Å². The van der Waals surface area contributed by atoms with E-state index in [-0.39, 0.29) is 18.5 Å². The molecule has 0 aromatic rings. The van der Waals surface area contributed by atoms with Gasteiger partial charge in [-0.25, -0.2) is 0 Å². The molecule has 0 radical (unpaired) electrons. The second kappa shape index (κ2) is 6.21. The smallest absolute Gasteiger partial charge is 0.339 e. The fourth-order valence-electron chi connectivity index (χ4n) is 3.05. The molecule has 2 amide bonds. The van der Waals surface area contributed by atoms with Crippen LogP contribution in [0.15, 0.2) is 0 Å². The Balaban J connectivity index is 2.05. The van der Waals surface area contributed by atoms with Gasteiger partial charge in [-0.3, -0.25) is 9.59 Å². The Morgan fingerprint density at radius 1 is 1.14 bits per heavy atom. The molecule has 2 fully saturated rings. The summed E-state index contributed by atoms with van der Waals surface area (Å²) in [6, 6.07) is -0.800. The summed E-state index contributed by atoms with van der Waals surface area (Å²) in [5.41, 5.74) is 0. The first-order valence-corrected chi connectivity index (χ1v) is 7.18. The molecule has 2 heterocycles. The minimum Gasteiger partial charge on any atom is -0.339 e. The monoisotopic (exact) mass is 307 g/mol. The SMILES string of the molecule is CNC1CCCN(C(=O)C2CCCN2C(=O)C(F)(F)F)C1. The number of amides is 2. The molecular weight excluding hydrogens is 287 g/mol. The van der Waals surface area contributed by atoms with Crippen molar-refractivity contribution in [2.24, 2.45) is 0 Å². The number of carbonyl (C=O) groups excluding carboxylic acids is 2. The number of hydrogen-bond donors (Lipinski definition) is 1. The summed E-state index contributed by atoms with van der Waals surface area (Å²) in [7, 11) is 1.80. The number of likely N-dealkylation sites (tertiary alicyclic amines) is 2. The number of likely N-dealkylation sites (N-methyl/N-ethyl adjacent to an activating group) is 1. The zero-order valence-corrected chi connectivity index (χ0v) is 11.9. The van der Waals surface area contributed by atoms with Crippen LogP contribution in [0.3, 0.4) is 0 Å². The highest BCUT2D eigenvalue weighted by molar-refractivity contribution is 5.90. The van der Waals surface area contributed by atoms with Crippen molar-refractivity contribution in [1.82, 2.24) is 15.1 Å². The van der Waals surface area contributed by atoms with Gasteiger partial charge in [0.2, 0.25) is 5.91 Å². The third-order valence-electron chi connectivity index (χ3n) is 4.18. The lowest BCUT2D eigenvalue weighted by Gasteiger charge is -2.36. The molecule has 2 unspecified atom stereocenters. The summed E-state index contributed by atoms with van der Waals surface area (Å²) >= 11 is 0. The lowest BCUT2D eigenvalue weighted by atomic mass is 10.0. The summed E-state index contributed by atoms with van der Waals surface area (Å²) in [6.07, 6.45) is -2.42. The summed E-state index contributed by atoms with van der Waals surface area (Å²) in [4.78, 5) is 26.1. The summed E-state index contributed by atoms with van der Waals surface area (Å²) in [5.74, 6) is -2.26. The predicted molar refractivity (Wildman–Crippen MR) is 69.5 cm³/mol. The second-order valence-corrected chi connectivity index (χ2v) is 5.57. The van der Waals surface area contributed by atoms with Crippen molar-refractivity contribution < 1.29 is 22.8 Å². The molecule has 2 rings (SSSR count). The van der Waals surface area contributed by atoms with Gasteiger partial charge in [-0.05, 0) is 32.7 Å². The number of halogens is 3. The second-order valence-electron chi connectivity index (χ2n) is 5.57. The number of nitrogens with one attached hydrogen (secondary N) is 1. The molecule has 0 aromatic heterocycles. The van der Waals surface area contributed by atoms with E-state index < -0.39 is 18.1 Å². The molecule has 0 aromatic carbocycles. The van der Waals surface area contributed by atoms with Crippen LogP contribution >= 0.6 is 0 Å². The van der Waals surface area contributed by atoms with Gasteiger partial charge in [-0.15, -0.1) is 0 Å². The van der Waals surface area contributed by atoms with Crippen LogP contribution in [0.25, 0.3) is 0 Å². The molecule has 2 aliphatic heterocycles. The Hall–Kier alpha value is -1.31. The predicted octanol–water partition coefficient (Wildman–Crippen LogP) is 0.750. The first-order valence-electron chi connectivity index (χ1n) is 7.18. The van der Waals surface area contributed by atoms with Crippen molar-refractivity contribution in [2.75, 3.05) is 26.7 Å². The van der Waals surface area contributed by atoms with Gasteiger partial charge in [0, 0.05) is 25.7 Å². The highest BCUT2D eigenvalue weighted by Crippen LogP contribution is 2.27. The third-order valence-corrected chi connectivity index (χ3v) is 4.18. The molecule has 0 aliphatic carbocycles. The van der Waals surface area contributed by atoms with Crippen LogP contribution in [0.5, 0.6) is 0 Å². The van der Waals surface area contributed by atoms with Gasteiger partial charge >= 0.3 is 12.1 Å². The number of piperidine rings is 1. The molecule has 2 aliphatic rings. The number of hydrogen-bond acceptors (Lipinski definition) is 3. The van der Waals surface area contributed by atoms with Crippen molar-refractivity contribution in [2.45, 2.75) is 43.9 Å². The Kier molecular flexibility index (Phi) is 4.75. The van der Waals surface area contributed by atoms with Crippen LogP contribution in [0.1, 0.15) is 25.7 Å². The van der Waals surface area contributed by atoms with E-state index in [1.807, 2.05) is 0 Å². The first-order chi connectivity index (χ1) is 9.84. The van der Waals surface area contributed by atoms with Crippen LogP contribution in [-0.4, -0.2) is 66.6 Å². The summed E-state index contributed by atoms with van der Waals surface area (Å²) in [5, 5.41) is 3.08. The number of rotatable bonds is 2. The van der Waals surface area contributed by atoms with E-state index in [2.05, 4.69) is 5.32 Å². The van der Waals surface area contributed by atoms with E-state index in [4.69, 9.17) is 0 Å². The third kappa shape index (κ3) is 3.48. The number of carbonyl (C=O) groups is 2. The average molecular weight is 307 g/mol. The lowest BCUT2D eigenvalue weighted by Crippen LogP contribution is -2.55. The lowest BCUT2D eigenvalue weighted by molar-refractivity contribution is -0.187. The summed E-state index contributed by atoms with van der Waals surface area (Å²) < 4.78 is 37.7.